The topological polar surface area (TPSA) is 107 Å². The number of fused-ring (bicyclic) bond motifs is 1. The summed E-state index contributed by atoms with van der Waals surface area (Å²) >= 11 is 0. The fourth-order valence-electron chi connectivity index (χ4n) is 1.31. The van der Waals surface area contributed by atoms with Gasteiger partial charge in [-0.15, -0.1) is 0 Å². The average Bonchev–Trinajstić information content (AvgIpc) is 2.64. The van der Waals surface area contributed by atoms with Crippen molar-refractivity contribution in [3.8, 4) is 0 Å². The molecule has 0 atom stereocenters. The van der Waals surface area contributed by atoms with Crippen molar-refractivity contribution in [2.45, 2.75) is 6.54 Å². The molecular weight excluding hydrogens is 198 g/mol. The first-order chi connectivity index (χ1) is 7.33. The van der Waals surface area contributed by atoms with Crippen LogP contribution < -0.4 is 10.9 Å². The van der Waals surface area contributed by atoms with Crippen molar-refractivity contribution in [2.75, 3.05) is 13.2 Å². The molecule has 2 aromatic heterocycles. The van der Waals surface area contributed by atoms with E-state index < -0.39 is 0 Å². The Bertz CT molecular complexity index is 503. The molecule has 2 heterocycles. The fraction of sp³-hybridized carbons (Fsp3) is 0.375. The van der Waals surface area contributed by atoms with Crippen molar-refractivity contribution in [1.82, 2.24) is 25.5 Å². The van der Waals surface area contributed by atoms with Gasteiger partial charge in [-0.1, -0.05) is 0 Å². The van der Waals surface area contributed by atoms with Gasteiger partial charge >= 0.3 is 0 Å². The number of H-pyrrole nitrogens is 2. The molecule has 15 heavy (non-hydrogen) atoms. The molecule has 0 aliphatic heterocycles. The lowest BCUT2D eigenvalue weighted by molar-refractivity contribution is 0.291. The van der Waals surface area contributed by atoms with Gasteiger partial charge in [-0.25, -0.2) is 4.98 Å². The van der Waals surface area contributed by atoms with E-state index in [9.17, 15) is 4.79 Å². The molecule has 80 valence electrons. The molecular formula is C8H11N5O2. The third-order valence-corrected chi connectivity index (χ3v) is 2.01. The van der Waals surface area contributed by atoms with Crippen LogP contribution in [0.5, 0.6) is 0 Å². The van der Waals surface area contributed by atoms with Gasteiger partial charge < -0.3 is 15.4 Å². The van der Waals surface area contributed by atoms with Crippen LogP contribution in [0.2, 0.25) is 0 Å². The maximum Gasteiger partial charge on any atom is 0.276 e. The zero-order valence-corrected chi connectivity index (χ0v) is 7.95. The predicted molar refractivity (Wildman–Crippen MR) is 53.3 cm³/mol. The van der Waals surface area contributed by atoms with Crippen molar-refractivity contribution < 1.29 is 5.11 Å². The summed E-state index contributed by atoms with van der Waals surface area (Å²) in [5, 5.41) is 18.2. The molecule has 0 aromatic carbocycles. The van der Waals surface area contributed by atoms with Crippen LogP contribution in [0.3, 0.4) is 0 Å². The third-order valence-electron chi connectivity index (χ3n) is 2.01. The van der Waals surface area contributed by atoms with Crippen LogP contribution >= 0.6 is 0 Å². The molecule has 4 N–H and O–H groups in total. The molecule has 2 rings (SSSR count). The molecule has 0 spiro atoms. The number of hydrogen-bond acceptors (Lipinski definition) is 5. The first-order valence-electron chi connectivity index (χ1n) is 4.55. The molecule has 0 saturated heterocycles. The van der Waals surface area contributed by atoms with E-state index in [1.54, 1.807) is 0 Å². The van der Waals surface area contributed by atoms with Gasteiger partial charge in [0.25, 0.3) is 5.56 Å². The van der Waals surface area contributed by atoms with Crippen LogP contribution in [0.4, 0.5) is 0 Å². The molecule has 0 aliphatic rings. The largest absolute Gasteiger partial charge is 0.395 e. The van der Waals surface area contributed by atoms with Crippen LogP contribution in [-0.4, -0.2) is 38.4 Å². The Morgan fingerprint density at radius 2 is 2.40 bits per heavy atom. The van der Waals surface area contributed by atoms with E-state index in [4.69, 9.17) is 5.11 Å². The van der Waals surface area contributed by atoms with E-state index in [1.165, 1.54) is 6.33 Å². The fourth-order valence-corrected chi connectivity index (χ4v) is 1.31. The van der Waals surface area contributed by atoms with E-state index in [0.29, 0.717) is 29.8 Å². The molecule has 0 radical (unpaired) electrons. The average molecular weight is 209 g/mol. The molecule has 7 heteroatoms. The highest BCUT2D eigenvalue weighted by atomic mass is 16.3. The van der Waals surface area contributed by atoms with E-state index in [-0.39, 0.29) is 12.2 Å². The lowest BCUT2D eigenvalue weighted by atomic mass is 10.3. The monoisotopic (exact) mass is 209 g/mol. The molecule has 0 unspecified atom stereocenters. The number of aliphatic hydroxyl groups is 1. The molecule has 2 aromatic rings. The second kappa shape index (κ2) is 4.20. The van der Waals surface area contributed by atoms with Crippen molar-refractivity contribution in [1.29, 1.82) is 0 Å². The maximum atomic E-state index is 11.3. The predicted octanol–water partition coefficient (Wildman–Crippen LogP) is -1.27. The van der Waals surface area contributed by atoms with Gasteiger partial charge in [-0.2, -0.15) is 5.10 Å². The molecule has 0 saturated carbocycles. The Hall–Kier alpha value is -1.73. The summed E-state index contributed by atoms with van der Waals surface area (Å²) in [6, 6.07) is 0. The molecule has 0 amide bonds. The van der Waals surface area contributed by atoms with Crippen LogP contribution in [0.1, 0.15) is 5.69 Å². The highest BCUT2D eigenvalue weighted by Gasteiger charge is 2.08. The minimum absolute atomic E-state index is 0.0658. The standard InChI is InChI=1S/C8H11N5O2/c14-2-1-9-3-5-6-7(13-12-5)8(15)11-4-10-6/h4,9,14H,1-3H2,(H,12,13)(H,10,11,15). The van der Waals surface area contributed by atoms with Crippen molar-refractivity contribution in [2.24, 2.45) is 0 Å². The van der Waals surface area contributed by atoms with Gasteiger partial charge in [0, 0.05) is 13.1 Å². The van der Waals surface area contributed by atoms with Crippen LogP contribution in [0.15, 0.2) is 11.1 Å². The highest BCUT2D eigenvalue weighted by molar-refractivity contribution is 5.75. The molecule has 0 fully saturated rings. The summed E-state index contributed by atoms with van der Waals surface area (Å²) < 4.78 is 0. The highest BCUT2D eigenvalue weighted by Crippen LogP contribution is 2.06. The number of aliphatic hydroxyl groups excluding tert-OH is 1. The first-order valence-corrected chi connectivity index (χ1v) is 4.55. The third kappa shape index (κ3) is 1.88. The van der Waals surface area contributed by atoms with E-state index >= 15 is 0 Å². The Morgan fingerprint density at radius 3 is 3.20 bits per heavy atom. The van der Waals surface area contributed by atoms with Crippen LogP contribution in [0, 0.1) is 0 Å². The Labute approximate surface area is 84.6 Å². The number of aromatic amines is 2. The number of hydrogen-bond donors (Lipinski definition) is 4. The molecule has 0 aliphatic carbocycles. The summed E-state index contributed by atoms with van der Waals surface area (Å²) in [6.07, 6.45) is 1.34. The Balaban J connectivity index is 2.29. The first kappa shape index (κ1) is 9.81. The zero-order chi connectivity index (χ0) is 10.7. The van der Waals surface area contributed by atoms with E-state index in [1.807, 2.05) is 0 Å². The minimum Gasteiger partial charge on any atom is -0.395 e. The maximum absolute atomic E-state index is 11.3. The zero-order valence-electron chi connectivity index (χ0n) is 7.95. The number of aromatic nitrogens is 4. The van der Waals surface area contributed by atoms with Crippen LogP contribution in [-0.2, 0) is 6.54 Å². The van der Waals surface area contributed by atoms with Gasteiger partial charge in [0.15, 0.2) is 0 Å². The SMILES string of the molecule is O=c1[nH]cnc2c(CNCCO)n[nH]c12. The Morgan fingerprint density at radius 1 is 1.53 bits per heavy atom. The van der Waals surface area contributed by atoms with Gasteiger partial charge in [0.1, 0.15) is 16.7 Å². The summed E-state index contributed by atoms with van der Waals surface area (Å²) in [7, 11) is 0. The second-order valence-corrected chi connectivity index (χ2v) is 3.03. The second-order valence-electron chi connectivity index (χ2n) is 3.03. The number of nitrogens with one attached hydrogen (secondary N) is 3. The number of rotatable bonds is 4. The smallest absolute Gasteiger partial charge is 0.276 e. The summed E-state index contributed by atoms with van der Waals surface area (Å²) in [6.45, 7) is 1.02. The van der Waals surface area contributed by atoms with Gasteiger partial charge in [0.2, 0.25) is 0 Å². The van der Waals surface area contributed by atoms with Crippen LogP contribution in [0.25, 0.3) is 11.0 Å². The van der Waals surface area contributed by atoms with E-state index in [0.717, 1.165) is 0 Å². The number of nitrogens with zero attached hydrogens (tertiary/aromatic N) is 2. The van der Waals surface area contributed by atoms with Gasteiger partial charge in [-0.3, -0.25) is 9.89 Å². The Kier molecular flexibility index (Phi) is 2.75. The minimum atomic E-state index is -0.235. The van der Waals surface area contributed by atoms with Gasteiger partial charge in [0.05, 0.1) is 12.9 Å². The summed E-state index contributed by atoms with van der Waals surface area (Å²) in [4.78, 5) is 17.8. The quantitative estimate of drug-likeness (QED) is 0.470. The lowest BCUT2D eigenvalue weighted by Crippen LogP contribution is -2.18. The van der Waals surface area contributed by atoms with Crippen molar-refractivity contribution >= 4 is 11.0 Å². The van der Waals surface area contributed by atoms with Crippen molar-refractivity contribution in [3.63, 3.8) is 0 Å². The summed E-state index contributed by atoms with van der Waals surface area (Å²) in [5.74, 6) is 0. The lowest BCUT2D eigenvalue weighted by Gasteiger charge is -1.98. The van der Waals surface area contributed by atoms with Crippen molar-refractivity contribution in [3.05, 3.63) is 22.4 Å². The molecule has 0 bridgehead atoms. The molecule has 7 nitrogen and oxygen atoms in total. The summed E-state index contributed by atoms with van der Waals surface area (Å²) in [5.41, 5.74) is 1.37. The normalized spacial score (nSPS) is 11.0. The van der Waals surface area contributed by atoms with E-state index in [2.05, 4.69) is 25.5 Å². The van der Waals surface area contributed by atoms with Gasteiger partial charge in [-0.05, 0) is 0 Å².